The Kier molecular flexibility index (Phi) is 4.58. The van der Waals surface area contributed by atoms with E-state index in [2.05, 4.69) is 4.99 Å². The molecule has 1 heterocycles. The molecule has 0 saturated heterocycles. The maximum absolute atomic E-state index is 12.2. The fourth-order valence-corrected chi connectivity index (χ4v) is 1.40. The van der Waals surface area contributed by atoms with E-state index in [9.17, 15) is 13.2 Å². The van der Waals surface area contributed by atoms with Crippen molar-refractivity contribution in [1.29, 1.82) is 0 Å². The summed E-state index contributed by atoms with van der Waals surface area (Å²) in [4.78, 5) is 4.36. The van der Waals surface area contributed by atoms with Crippen LogP contribution in [0, 0.1) is 0 Å². The third-order valence-electron chi connectivity index (χ3n) is 2.16. The first-order valence-corrected chi connectivity index (χ1v) is 5.28. The summed E-state index contributed by atoms with van der Waals surface area (Å²) in [6, 6.07) is 0. The van der Waals surface area contributed by atoms with E-state index in [-0.39, 0.29) is 5.84 Å². The lowest BCUT2D eigenvalue weighted by Crippen LogP contribution is -2.29. The van der Waals surface area contributed by atoms with Crippen molar-refractivity contribution < 1.29 is 13.2 Å². The zero-order chi connectivity index (χ0) is 12.0. The van der Waals surface area contributed by atoms with Crippen LogP contribution in [0.25, 0.3) is 0 Å². The van der Waals surface area contributed by atoms with Crippen molar-refractivity contribution in [2.24, 2.45) is 4.99 Å². The second kappa shape index (κ2) is 5.72. The van der Waals surface area contributed by atoms with Crippen LogP contribution in [0.1, 0.15) is 26.2 Å². The van der Waals surface area contributed by atoms with Crippen LogP contribution < -0.4 is 0 Å². The molecule has 0 amide bonds. The molecule has 0 aromatic heterocycles. The summed E-state index contributed by atoms with van der Waals surface area (Å²) in [5.74, 6) is 0.0925. The number of amidine groups is 1. The van der Waals surface area contributed by atoms with E-state index in [4.69, 9.17) is 0 Å². The molecular weight excluding hydrogens is 217 g/mol. The fourth-order valence-electron chi connectivity index (χ4n) is 1.40. The number of nitrogens with zero attached hydrogens (tertiary/aromatic N) is 2. The highest BCUT2D eigenvalue weighted by atomic mass is 19.4. The van der Waals surface area contributed by atoms with Crippen molar-refractivity contribution in [1.82, 2.24) is 4.90 Å². The predicted molar refractivity (Wildman–Crippen MR) is 58.0 cm³/mol. The van der Waals surface area contributed by atoms with Crippen molar-refractivity contribution in [2.45, 2.75) is 32.5 Å². The molecule has 0 N–H and O–H groups in total. The quantitative estimate of drug-likeness (QED) is 0.413. The lowest BCUT2D eigenvalue weighted by molar-refractivity contribution is -0.120. The first-order valence-electron chi connectivity index (χ1n) is 5.28. The second-order valence-corrected chi connectivity index (χ2v) is 3.52. The largest absolute Gasteiger partial charge is 0.504 e. The van der Waals surface area contributed by atoms with Crippen LogP contribution in [-0.4, -0.2) is 23.6 Å². The molecule has 0 aromatic carbocycles. The molecule has 0 radical (unpaired) electrons. The summed E-state index contributed by atoms with van der Waals surface area (Å²) >= 11 is 0. The third-order valence-corrected chi connectivity index (χ3v) is 2.16. The van der Waals surface area contributed by atoms with E-state index < -0.39 is 6.30 Å². The number of hydrogen-bond donors (Lipinski definition) is 0. The minimum Gasteiger partial charge on any atom is -0.333 e. The number of allylic oxidation sites excluding steroid dienone is 2. The second-order valence-electron chi connectivity index (χ2n) is 3.52. The summed E-state index contributed by atoms with van der Waals surface area (Å²) in [6.07, 6.45) is 4.38. The van der Waals surface area contributed by atoms with E-state index in [0.29, 0.717) is 19.4 Å². The molecule has 0 aliphatic carbocycles. The first-order chi connectivity index (χ1) is 7.53. The minimum absolute atomic E-state index is 0.0925. The Hall–Kier alpha value is -1.26. The number of unbranched alkanes of at least 4 members (excludes halogenated alkanes) is 1. The molecule has 0 aromatic rings. The smallest absolute Gasteiger partial charge is 0.333 e. The maximum atomic E-state index is 12.2. The molecule has 0 bridgehead atoms. The Labute approximate surface area is 93.2 Å². The molecule has 0 fully saturated rings. The van der Waals surface area contributed by atoms with Gasteiger partial charge in [-0.15, -0.1) is 13.2 Å². The molecule has 0 saturated carbocycles. The minimum atomic E-state index is -4.49. The van der Waals surface area contributed by atoms with Gasteiger partial charge in [0.2, 0.25) is 0 Å². The average molecular weight is 232 g/mol. The number of alkyl halides is 3. The summed E-state index contributed by atoms with van der Waals surface area (Å²) in [5, 5.41) is 0. The summed E-state index contributed by atoms with van der Waals surface area (Å²) in [5.41, 5.74) is 0. The molecular formula is C11H15F3N2. The molecule has 16 heavy (non-hydrogen) atoms. The molecule has 1 aliphatic rings. The monoisotopic (exact) mass is 232 g/mol. The van der Waals surface area contributed by atoms with E-state index in [0.717, 1.165) is 6.42 Å². The molecule has 1 aliphatic heterocycles. The number of rotatable bonds is 3. The molecule has 1 rings (SSSR count). The third kappa shape index (κ3) is 4.51. The van der Waals surface area contributed by atoms with Gasteiger partial charge in [0.1, 0.15) is 5.84 Å². The Morgan fingerprint density at radius 3 is 2.62 bits per heavy atom. The van der Waals surface area contributed by atoms with E-state index in [1.54, 1.807) is 18.4 Å². The van der Waals surface area contributed by atoms with Gasteiger partial charge in [0.05, 0.1) is 0 Å². The number of hydrogen-bond acceptors (Lipinski definition) is 1. The van der Waals surface area contributed by atoms with E-state index >= 15 is 0 Å². The summed E-state index contributed by atoms with van der Waals surface area (Å²) in [6.45, 7) is 2.40. The van der Waals surface area contributed by atoms with Crippen LogP contribution in [-0.2, 0) is 0 Å². The summed E-state index contributed by atoms with van der Waals surface area (Å²) in [7, 11) is 0. The Morgan fingerprint density at radius 2 is 2.12 bits per heavy atom. The van der Waals surface area contributed by atoms with Crippen LogP contribution >= 0.6 is 0 Å². The Balaban J connectivity index is 2.74. The lowest BCUT2D eigenvalue weighted by Gasteiger charge is -2.23. The highest BCUT2D eigenvalue weighted by molar-refractivity contribution is 5.83. The SMILES string of the molecule is CCCCC(=NC(F)(F)F)N1C=CC=CC1. The Morgan fingerprint density at radius 1 is 1.38 bits per heavy atom. The zero-order valence-corrected chi connectivity index (χ0v) is 9.17. The van der Waals surface area contributed by atoms with Crippen LogP contribution in [0.15, 0.2) is 29.4 Å². The van der Waals surface area contributed by atoms with Gasteiger partial charge >= 0.3 is 6.30 Å². The molecule has 0 spiro atoms. The van der Waals surface area contributed by atoms with Gasteiger partial charge in [-0.05, 0) is 12.5 Å². The number of halogens is 3. The number of aliphatic imine (C=N–C) groups is 1. The maximum Gasteiger partial charge on any atom is 0.504 e. The van der Waals surface area contributed by atoms with Crippen LogP contribution in [0.3, 0.4) is 0 Å². The topological polar surface area (TPSA) is 15.6 Å². The van der Waals surface area contributed by atoms with Gasteiger partial charge in [0, 0.05) is 19.2 Å². The lowest BCUT2D eigenvalue weighted by atomic mass is 10.2. The van der Waals surface area contributed by atoms with Gasteiger partial charge < -0.3 is 4.90 Å². The highest BCUT2D eigenvalue weighted by Crippen LogP contribution is 2.19. The van der Waals surface area contributed by atoms with Crippen LogP contribution in [0.5, 0.6) is 0 Å². The molecule has 90 valence electrons. The van der Waals surface area contributed by atoms with Crippen molar-refractivity contribution in [2.75, 3.05) is 6.54 Å². The van der Waals surface area contributed by atoms with E-state index in [1.807, 2.05) is 13.0 Å². The predicted octanol–water partition coefficient (Wildman–Crippen LogP) is 3.48. The molecule has 5 heteroatoms. The first kappa shape index (κ1) is 12.8. The standard InChI is InChI=1S/C11H15F3N2/c1-2-3-7-10(15-11(12,13)14)16-8-5-4-6-9-16/h4-6,8H,2-3,7,9H2,1H3. The molecule has 0 unspecified atom stereocenters. The fraction of sp³-hybridized carbons (Fsp3) is 0.545. The van der Waals surface area contributed by atoms with Crippen molar-refractivity contribution in [3.8, 4) is 0 Å². The van der Waals surface area contributed by atoms with Crippen LogP contribution in [0.4, 0.5) is 13.2 Å². The molecule has 2 nitrogen and oxygen atoms in total. The van der Waals surface area contributed by atoms with Crippen molar-refractivity contribution in [3.05, 3.63) is 24.4 Å². The van der Waals surface area contributed by atoms with Gasteiger partial charge in [-0.1, -0.05) is 25.5 Å². The van der Waals surface area contributed by atoms with Crippen molar-refractivity contribution in [3.63, 3.8) is 0 Å². The average Bonchev–Trinajstić information content (AvgIpc) is 2.24. The molecule has 0 atom stereocenters. The summed E-state index contributed by atoms with van der Waals surface area (Å²) < 4.78 is 36.7. The van der Waals surface area contributed by atoms with Gasteiger partial charge in [-0.25, -0.2) is 0 Å². The van der Waals surface area contributed by atoms with E-state index in [1.165, 1.54) is 4.90 Å². The highest BCUT2D eigenvalue weighted by Gasteiger charge is 2.28. The van der Waals surface area contributed by atoms with Gasteiger partial charge in [-0.3, -0.25) is 0 Å². The van der Waals surface area contributed by atoms with Gasteiger partial charge in [0.25, 0.3) is 0 Å². The van der Waals surface area contributed by atoms with Crippen molar-refractivity contribution >= 4 is 5.84 Å². The van der Waals surface area contributed by atoms with Crippen LogP contribution in [0.2, 0.25) is 0 Å². The van der Waals surface area contributed by atoms with Gasteiger partial charge in [-0.2, -0.15) is 4.99 Å². The Bertz CT molecular complexity index is 303. The normalized spacial score (nSPS) is 17.0. The van der Waals surface area contributed by atoms with Gasteiger partial charge in [0.15, 0.2) is 0 Å². The zero-order valence-electron chi connectivity index (χ0n) is 9.17.